The lowest BCUT2D eigenvalue weighted by Crippen LogP contribution is -2.20. The van der Waals surface area contributed by atoms with Crippen molar-refractivity contribution >= 4 is 11.8 Å². The number of hydrogen-bond donors (Lipinski definition) is 1. The Balaban J connectivity index is 3.81. The van der Waals surface area contributed by atoms with Crippen molar-refractivity contribution in [2.75, 3.05) is 0 Å². The molecule has 0 radical (unpaired) electrons. The van der Waals surface area contributed by atoms with Crippen molar-refractivity contribution in [3.8, 4) is 0 Å². The molecular formula is C10H18O3. The van der Waals surface area contributed by atoms with E-state index in [1.165, 1.54) is 6.92 Å². The monoisotopic (exact) mass is 186 g/mol. The van der Waals surface area contributed by atoms with Crippen molar-refractivity contribution in [1.29, 1.82) is 0 Å². The van der Waals surface area contributed by atoms with E-state index in [0.29, 0.717) is 12.3 Å². The van der Waals surface area contributed by atoms with E-state index in [2.05, 4.69) is 13.8 Å². The first kappa shape index (κ1) is 12.1. The molecule has 0 rings (SSSR count). The van der Waals surface area contributed by atoms with Gasteiger partial charge in [-0.3, -0.25) is 9.59 Å². The zero-order valence-corrected chi connectivity index (χ0v) is 8.54. The summed E-state index contributed by atoms with van der Waals surface area (Å²) in [4.78, 5) is 21.7. The molecule has 0 fully saturated rings. The Morgan fingerprint density at radius 2 is 1.85 bits per heavy atom. The summed E-state index contributed by atoms with van der Waals surface area (Å²) in [7, 11) is 0. The van der Waals surface area contributed by atoms with Crippen LogP contribution in [-0.2, 0) is 9.59 Å². The topological polar surface area (TPSA) is 54.4 Å². The predicted octanol–water partition coefficient (Wildman–Crippen LogP) is 2.10. The Labute approximate surface area is 79.1 Å². The van der Waals surface area contributed by atoms with Crippen molar-refractivity contribution in [1.82, 2.24) is 0 Å². The molecule has 3 heteroatoms. The molecule has 0 saturated carbocycles. The number of aliphatic carboxylic acids is 1. The minimum absolute atomic E-state index is 0.159. The highest BCUT2D eigenvalue weighted by molar-refractivity contribution is 5.97. The fourth-order valence-electron chi connectivity index (χ4n) is 0.947. The van der Waals surface area contributed by atoms with E-state index in [1.54, 1.807) is 0 Å². The van der Waals surface area contributed by atoms with Crippen molar-refractivity contribution < 1.29 is 14.7 Å². The van der Waals surface area contributed by atoms with Crippen LogP contribution in [0.3, 0.4) is 0 Å². The minimum atomic E-state index is -1.02. The van der Waals surface area contributed by atoms with Crippen LogP contribution in [0.25, 0.3) is 0 Å². The summed E-state index contributed by atoms with van der Waals surface area (Å²) in [5.74, 6) is -1.52. The summed E-state index contributed by atoms with van der Waals surface area (Å²) in [6.45, 7) is 5.58. The highest BCUT2D eigenvalue weighted by Crippen LogP contribution is 2.12. The second-order valence-corrected chi connectivity index (χ2v) is 3.58. The number of rotatable bonds is 6. The van der Waals surface area contributed by atoms with Crippen molar-refractivity contribution in [2.24, 2.45) is 11.8 Å². The van der Waals surface area contributed by atoms with Gasteiger partial charge < -0.3 is 5.11 Å². The lowest BCUT2D eigenvalue weighted by atomic mass is 9.96. The van der Waals surface area contributed by atoms with Crippen LogP contribution in [0, 0.1) is 11.8 Å². The molecule has 0 aromatic heterocycles. The van der Waals surface area contributed by atoms with Gasteiger partial charge in [0.2, 0.25) is 0 Å². The average molecular weight is 186 g/mol. The lowest BCUT2D eigenvalue weighted by molar-refractivity contribution is -0.145. The molecule has 0 spiro atoms. The molecule has 0 aromatic rings. The first-order chi connectivity index (χ1) is 5.99. The number of carboxylic acid groups (broad SMARTS) is 1. The highest BCUT2D eigenvalue weighted by Gasteiger charge is 2.20. The molecule has 76 valence electrons. The van der Waals surface area contributed by atoms with E-state index in [0.717, 1.165) is 12.8 Å². The summed E-state index contributed by atoms with van der Waals surface area (Å²) >= 11 is 0. The average Bonchev–Trinajstić information content (AvgIpc) is 2.11. The number of carbonyl (C=O) groups is 2. The molecule has 13 heavy (non-hydrogen) atoms. The number of hydrogen-bond acceptors (Lipinski definition) is 2. The van der Waals surface area contributed by atoms with Crippen LogP contribution in [0.1, 0.15) is 40.0 Å². The fraction of sp³-hybridized carbons (Fsp3) is 0.800. The van der Waals surface area contributed by atoms with Crippen molar-refractivity contribution in [3.63, 3.8) is 0 Å². The van der Waals surface area contributed by atoms with Gasteiger partial charge in [-0.05, 0) is 19.3 Å². The Bertz CT molecular complexity index is 187. The summed E-state index contributed by atoms with van der Waals surface area (Å²) in [6.07, 6.45) is 2.23. The van der Waals surface area contributed by atoms with Gasteiger partial charge in [0, 0.05) is 6.42 Å². The van der Waals surface area contributed by atoms with Gasteiger partial charge in [0.1, 0.15) is 11.7 Å². The van der Waals surface area contributed by atoms with Crippen LogP contribution >= 0.6 is 0 Å². The molecule has 0 aliphatic heterocycles. The molecule has 0 aromatic carbocycles. The SMILES string of the molecule is CCC(C)CCC(=O)C(C)C(=O)O. The quantitative estimate of drug-likeness (QED) is 0.646. The van der Waals surface area contributed by atoms with Crippen molar-refractivity contribution in [2.45, 2.75) is 40.0 Å². The number of carbonyl (C=O) groups excluding carboxylic acids is 1. The Morgan fingerprint density at radius 3 is 2.23 bits per heavy atom. The standard InChI is InChI=1S/C10H18O3/c1-4-7(2)5-6-9(11)8(3)10(12)13/h7-8H,4-6H2,1-3H3,(H,12,13). The lowest BCUT2D eigenvalue weighted by Gasteiger charge is -2.08. The highest BCUT2D eigenvalue weighted by atomic mass is 16.4. The molecule has 2 unspecified atom stereocenters. The van der Waals surface area contributed by atoms with Crippen LogP contribution in [0.2, 0.25) is 0 Å². The van der Waals surface area contributed by atoms with Gasteiger partial charge in [-0.2, -0.15) is 0 Å². The van der Waals surface area contributed by atoms with E-state index in [1.807, 2.05) is 0 Å². The third-order valence-electron chi connectivity index (χ3n) is 2.43. The molecule has 2 atom stereocenters. The summed E-state index contributed by atoms with van der Waals surface area (Å²) < 4.78 is 0. The van der Waals surface area contributed by atoms with Crippen LogP contribution in [0.4, 0.5) is 0 Å². The molecule has 0 heterocycles. The van der Waals surface area contributed by atoms with Crippen LogP contribution in [0.5, 0.6) is 0 Å². The maximum atomic E-state index is 11.2. The third-order valence-corrected chi connectivity index (χ3v) is 2.43. The van der Waals surface area contributed by atoms with Crippen LogP contribution in [0.15, 0.2) is 0 Å². The first-order valence-electron chi connectivity index (χ1n) is 4.74. The van der Waals surface area contributed by atoms with Gasteiger partial charge in [0.05, 0.1) is 0 Å². The maximum Gasteiger partial charge on any atom is 0.313 e. The Hall–Kier alpha value is -0.860. The smallest absolute Gasteiger partial charge is 0.313 e. The number of ketones is 1. The van der Waals surface area contributed by atoms with Crippen LogP contribution in [-0.4, -0.2) is 16.9 Å². The second kappa shape index (κ2) is 5.73. The normalized spacial score (nSPS) is 15.0. The Kier molecular flexibility index (Phi) is 5.35. The molecule has 0 aliphatic rings. The van der Waals surface area contributed by atoms with Gasteiger partial charge in [-0.25, -0.2) is 0 Å². The van der Waals surface area contributed by atoms with Gasteiger partial charge in [0.25, 0.3) is 0 Å². The molecule has 3 nitrogen and oxygen atoms in total. The Morgan fingerprint density at radius 1 is 1.31 bits per heavy atom. The van der Waals surface area contributed by atoms with E-state index >= 15 is 0 Å². The minimum Gasteiger partial charge on any atom is -0.481 e. The molecule has 0 bridgehead atoms. The summed E-state index contributed by atoms with van der Waals surface area (Å²) in [6, 6.07) is 0. The predicted molar refractivity (Wildman–Crippen MR) is 50.5 cm³/mol. The zero-order chi connectivity index (χ0) is 10.4. The van der Waals surface area contributed by atoms with Gasteiger partial charge in [0.15, 0.2) is 0 Å². The molecule has 0 aliphatic carbocycles. The second-order valence-electron chi connectivity index (χ2n) is 3.58. The maximum absolute atomic E-state index is 11.2. The van der Waals surface area contributed by atoms with Crippen LogP contribution < -0.4 is 0 Å². The van der Waals surface area contributed by atoms with Gasteiger partial charge >= 0.3 is 5.97 Å². The van der Waals surface area contributed by atoms with E-state index in [-0.39, 0.29) is 5.78 Å². The first-order valence-corrected chi connectivity index (χ1v) is 4.74. The largest absolute Gasteiger partial charge is 0.481 e. The summed E-state index contributed by atoms with van der Waals surface area (Å²) in [5.41, 5.74) is 0. The molecule has 0 amide bonds. The molecule has 0 saturated heterocycles. The number of Topliss-reactive ketones (excluding diaryl/α,β-unsaturated/α-hetero) is 1. The summed E-state index contributed by atoms with van der Waals surface area (Å²) in [5, 5.41) is 8.55. The van der Waals surface area contributed by atoms with Gasteiger partial charge in [-0.1, -0.05) is 20.3 Å². The van der Waals surface area contributed by atoms with Crippen molar-refractivity contribution in [3.05, 3.63) is 0 Å². The molecule has 1 N–H and O–H groups in total. The van der Waals surface area contributed by atoms with E-state index in [9.17, 15) is 9.59 Å². The fourth-order valence-corrected chi connectivity index (χ4v) is 0.947. The van der Waals surface area contributed by atoms with E-state index in [4.69, 9.17) is 5.11 Å². The third kappa shape index (κ3) is 4.65. The zero-order valence-electron chi connectivity index (χ0n) is 8.54. The van der Waals surface area contributed by atoms with E-state index < -0.39 is 11.9 Å². The van der Waals surface area contributed by atoms with Gasteiger partial charge in [-0.15, -0.1) is 0 Å². The molecular weight excluding hydrogens is 168 g/mol. The number of carboxylic acids is 1.